The zero-order valence-electron chi connectivity index (χ0n) is 12.1. The lowest BCUT2D eigenvalue weighted by molar-refractivity contribution is 0.145. The van der Waals surface area contributed by atoms with Crippen LogP contribution in [-0.2, 0) is 6.54 Å². The van der Waals surface area contributed by atoms with Crippen LogP contribution in [0.3, 0.4) is 0 Å². The average Bonchev–Trinajstić information content (AvgIpc) is 2.87. The molecule has 1 N–H and O–H groups in total. The Morgan fingerprint density at radius 3 is 2.82 bits per heavy atom. The second kappa shape index (κ2) is 5.34. The molecule has 2 aromatic heterocycles. The summed E-state index contributed by atoms with van der Waals surface area (Å²) in [7, 11) is 0. The lowest BCUT2D eigenvalue weighted by atomic mass is 10.1. The largest absolute Gasteiger partial charge is 0.386 e. The van der Waals surface area contributed by atoms with E-state index in [2.05, 4.69) is 10.3 Å². The smallest absolute Gasteiger partial charge is 0.296 e. The standard InChI is InChI=1S/C15H14FN3O3/c1-8-13-9(2)22-18-14(13)15(21)19(17-8)7-12(20)10-5-3-4-6-11(10)16/h3-6,12,20H,7H2,1-2H3/t12-/m0/s1. The van der Waals surface area contributed by atoms with E-state index in [-0.39, 0.29) is 17.6 Å². The van der Waals surface area contributed by atoms with E-state index >= 15 is 0 Å². The summed E-state index contributed by atoms with van der Waals surface area (Å²) in [5.74, 6) is -0.0166. The molecule has 0 unspecified atom stereocenters. The summed E-state index contributed by atoms with van der Waals surface area (Å²) in [6.07, 6.45) is -1.18. The fourth-order valence-electron chi connectivity index (χ4n) is 2.47. The van der Waals surface area contributed by atoms with Crippen molar-refractivity contribution in [1.82, 2.24) is 14.9 Å². The summed E-state index contributed by atoms with van der Waals surface area (Å²) in [5, 5.41) is 18.6. The van der Waals surface area contributed by atoms with E-state index < -0.39 is 17.5 Å². The number of hydrogen-bond donors (Lipinski definition) is 1. The molecule has 6 nitrogen and oxygen atoms in total. The van der Waals surface area contributed by atoms with Crippen LogP contribution < -0.4 is 5.56 Å². The highest BCUT2D eigenvalue weighted by atomic mass is 19.1. The van der Waals surface area contributed by atoms with E-state index in [1.165, 1.54) is 18.2 Å². The quantitative estimate of drug-likeness (QED) is 0.799. The molecule has 1 aromatic carbocycles. The maximum atomic E-state index is 13.7. The number of halogens is 1. The van der Waals surface area contributed by atoms with Crippen molar-refractivity contribution in [3.05, 3.63) is 57.5 Å². The Morgan fingerprint density at radius 1 is 1.36 bits per heavy atom. The van der Waals surface area contributed by atoms with Gasteiger partial charge in [-0.2, -0.15) is 5.10 Å². The number of nitrogens with zero attached hydrogens (tertiary/aromatic N) is 3. The van der Waals surface area contributed by atoms with E-state index in [0.29, 0.717) is 16.8 Å². The zero-order chi connectivity index (χ0) is 15.9. The predicted octanol–water partition coefficient (Wildman–Crippen LogP) is 1.87. The Bertz CT molecular complexity index is 901. The Labute approximate surface area is 124 Å². The van der Waals surface area contributed by atoms with Gasteiger partial charge in [0.1, 0.15) is 17.7 Å². The second-order valence-corrected chi connectivity index (χ2v) is 5.07. The molecular weight excluding hydrogens is 289 g/mol. The van der Waals surface area contributed by atoms with Crippen LogP contribution >= 0.6 is 0 Å². The van der Waals surface area contributed by atoms with Gasteiger partial charge in [-0.25, -0.2) is 9.07 Å². The van der Waals surface area contributed by atoms with Crippen molar-refractivity contribution in [3.63, 3.8) is 0 Å². The van der Waals surface area contributed by atoms with E-state index in [0.717, 1.165) is 4.68 Å². The molecule has 0 fully saturated rings. The molecule has 0 aliphatic heterocycles. The summed E-state index contributed by atoms with van der Waals surface area (Å²) >= 11 is 0. The van der Waals surface area contributed by atoms with Crippen molar-refractivity contribution in [3.8, 4) is 0 Å². The Kier molecular flexibility index (Phi) is 3.50. The number of aromatic nitrogens is 3. The monoisotopic (exact) mass is 303 g/mol. The van der Waals surface area contributed by atoms with Gasteiger partial charge in [-0.3, -0.25) is 4.79 Å². The molecule has 114 valence electrons. The van der Waals surface area contributed by atoms with Gasteiger partial charge in [-0.15, -0.1) is 0 Å². The van der Waals surface area contributed by atoms with Gasteiger partial charge in [-0.1, -0.05) is 23.4 Å². The van der Waals surface area contributed by atoms with Crippen LogP contribution in [0.2, 0.25) is 0 Å². The normalized spacial score (nSPS) is 12.7. The molecule has 0 aliphatic rings. The molecule has 0 amide bonds. The molecule has 2 heterocycles. The second-order valence-electron chi connectivity index (χ2n) is 5.07. The molecule has 22 heavy (non-hydrogen) atoms. The number of benzene rings is 1. The van der Waals surface area contributed by atoms with E-state index in [1.54, 1.807) is 19.9 Å². The lowest BCUT2D eigenvalue weighted by Gasteiger charge is -2.13. The van der Waals surface area contributed by atoms with Gasteiger partial charge < -0.3 is 9.63 Å². The van der Waals surface area contributed by atoms with E-state index in [9.17, 15) is 14.3 Å². The molecule has 1 atom stereocenters. The van der Waals surface area contributed by atoms with E-state index in [1.807, 2.05) is 0 Å². The third kappa shape index (κ3) is 2.29. The first kappa shape index (κ1) is 14.4. The van der Waals surface area contributed by atoms with Crippen molar-refractivity contribution in [2.24, 2.45) is 0 Å². The molecular formula is C15H14FN3O3. The van der Waals surface area contributed by atoms with Crippen LogP contribution in [0.25, 0.3) is 10.9 Å². The van der Waals surface area contributed by atoms with E-state index in [4.69, 9.17) is 4.52 Å². The molecule has 0 saturated heterocycles. The predicted molar refractivity (Wildman–Crippen MR) is 76.9 cm³/mol. The maximum Gasteiger partial charge on any atom is 0.296 e. The number of hydrogen-bond acceptors (Lipinski definition) is 5. The van der Waals surface area contributed by atoms with Crippen molar-refractivity contribution >= 4 is 10.9 Å². The minimum absolute atomic E-state index is 0.116. The minimum atomic E-state index is -1.18. The Balaban J connectivity index is 2.03. The molecule has 3 aromatic rings. The molecule has 3 rings (SSSR count). The highest BCUT2D eigenvalue weighted by molar-refractivity contribution is 5.81. The molecule has 0 radical (unpaired) electrons. The van der Waals surface area contributed by atoms with Gasteiger partial charge >= 0.3 is 0 Å². The molecule has 0 saturated carbocycles. The van der Waals surface area contributed by atoms with Gasteiger partial charge in [0.05, 0.1) is 17.6 Å². The van der Waals surface area contributed by atoms with Gasteiger partial charge in [0.15, 0.2) is 5.52 Å². The number of aliphatic hydroxyl groups excluding tert-OH is 1. The van der Waals surface area contributed by atoms with Crippen LogP contribution in [0.15, 0.2) is 33.6 Å². The molecule has 0 aliphatic carbocycles. The zero-order valence-corrected chi connectivity index (χ0v) is 12.1. The minimum Gasteiger partial charge on any atom is -0.386 e. The summed E-state index contributed by atoms with van der Waals surface area (Å²) in [4.78, 5) is 12.3. The summed E-state index contributed by atoms with van der Waals surface area (Å²) < 4.78 is 19.8. The van der Waals surface area contributed by atoms with Gasteiger partial charge in [-0.05, 0) is 19.9 Å². The number of fused-ring (bicyclic) bond motifs is 1. The molecule has 0 spiro atoms. The Morgan fingerprint density at radius 2 is 2.09 bits per heavy atom. The first-order valence-corrected chi connectivity index (χ1v) is 6.75. The first-order chi connectivity index (χ1) is 10.5. The van der Waals surface area contributed by atoms with Crippen LogP contribution in [0.4, 0.5) is 4.39 Å². The Hall–Kier alpha value is -2.54. The summed E-state index contributed by atoms with van der Waals surface area (Å²) in [5.41, 5.74) is 0.359. The number of aliphatic hydroxyl groups is 1. The topological polar surface area (TPSA) is 81.1 Å². The first-order valence-electron chi connectivity index (χ1n) is 6.75. The van der Waals surface area contributed by atoms with Crippen molar-refractivity contribution in [2.45, 2.75) is 26.5 Å². The molecule has 0 bridgehead atoms. The maximum absolute atomic E-state index is 13.7. The third-order valence-electron chi connectivity index (χ3n) is 3.54. The SMILES string of the molecule is Cc1nn(C[C@H](O)c2ccccc2F)c(=O)c2noc(C)c12. The van der Waals surface area contributed by atoms with Crippen LogP contribution in [-0.4, -0.2) is 20.0 Å². The highest BCUT2D eigenvalue weighted by Crippen LogP contribution is 2.20. The van der Waals surface area contributed by atoms with Gasteiger partial charge in [0.2, 0.25) is 0 Å². The average molecular weight is 303 g/mol. The highest BCUT2D eigenvalue weighted by Gasteiger charge is 2.18. The lowest BCUT2D eigenvalue weighted by Crippen LogP contribution is -2.27. The fraction of sp³-hybridized carbons (Fsp3) is 0.267. The fourth-order valence-corrected chi connectivity index (χ4v) is 2.47. The van der Waals surface area contributed by atoms with Crippen LogP contribution in [0, 0.1) is 19.7 Å². The third-order valence-corrected chi connectivity index (χ3v) is 3.54. The van der Waals surface area contributed by atoms with Crippen LogP contribution in [0.1, 0.15) is 23.1 Å². The summed E-state index contributed by atoms with van der Waals surface area (Å²) in [6.45, 7) is 3.25. The number of aryl methyl sites for hydroxylation is 2. The molecule has 7 heteroatoms. The van der Waals surface area contributed by atoms with Gasteiger partial charge in [0, 0.05) is 5.56 Å². The van der Waals surface area contributed by atoms with Crippen molar-refractivity contribution in [1.29, 1.82) is 0 Å². The van der Waals surface area contributed by atoms with Gasteiger partial charge in [0.25, 0.3) is 5.56 Å². The van der Waals surface area contributed by atoms with Crippen molar-refractivity contribution in [2.75, 3.05) is 0 Å². The van der Waals surface area contributed by atoms with Crippen LogP contribution in [0.5, 0.6) is 0 Å². The van der Waals surface area contributed by atoms with Crippen molar-refractivity contribution < 1.29 is 14.0 Å². The summed E-state index contributed by atoms with van der Waals surface area (Å²) in [6, 6.07) is 5.87. The number of rotatable bonds is 3.